The van der Waals surface area contributed by atoms with Crippen LogP contribution in [0.1, 0.15) is 34.1 Å². The third kappa shape index (κ3) is 2.66. The minimum Gasteiger partial charge on any atom is -0.405 e. The SMILES string of the molecule is CCN1CCC(O[Si](C)(C)C(C)(C)C)C1=O. The topological polar surface area (TPSA) is 29.5 Å². The van der Waals surface area contributed by atoms with E-state index in [-0.39, 0.29) is 17.0 Å². The lowest BCUT2D eigenvalue weighted by Crippen LogP contribution is -2.46. The van der Waals surface area contributed by atoms with Crippen molar-refractivity contribution >= 4 is 14.2 Å². The summed E-state index contributed by atoms with van der Waals surface area (Å²) in [6, 6.07) is 0. The number of rotatable bonds is 3. The number of hydrogen-bond donors (Lipinski definition) is 0. The van der Waals surface area contributed by atoms with Gasteiger partial charge in [-0.3, -0.25) is 4.79 Å². The molecule has 1 rings (SSSR count). The summed E-state index contributed by atoms with van der Waals surface area (Å²) < 4.78 is 6.16. The van der Waals surface area contributed by atoms with Crippen LogP contribution in [-0.2, 0) is 9.22 Å². The van der Waals surface area contributed by atoms with Gasteiger partial charge in [-0.2, -0.15) is 0 Å². The molecule has 0 spiro atoms. The largest absolute Gasteiger partial charge is 0.405 e. The zero-order valence-electron chi connectivity index (χ0n) is 11.5. The van der Waals surface area contributed by atoms with Crippen LogP contribution in [0.2, 0.25) is 18.1 Å². The van der Waals surface area contributed by atoms with E-state index in [1.54, 1.807) is 0 Å². The molecule has 1 aliphatic rings. The highest BCUT2D eigenvalue weighted by Crippen LogP contribution is 2.38. The molecule has 1 saturated heterocycles. The Morgan fingerprint density at radius 1 is 1.44 bits per heavy atom. The van der Waals surface area contributed by atoms with Crippen LogP contribution in [0.25, 0.3) is 0 Å². The van der Waals surface area contributed by atoms with E-state index in [0.717, 1.165) is 19.5 Å². The minimum atomic E-state index is -1.80. The average molecular weight is 243 g/mol. The first kappa shape index (κ1) is 13.7. The first-order chi connectivity index (χ1) is 7.19. The quantitative estimate of drug-likeness (QED) is 0.713. The Balaban J connectivity index is 2.66. The van der Waals surface area contributed by atoms with Crippen LogP contribution in [-0.4, -0.2) is 38.3 Å². The molecule has 1 heterocycles. The van der Waals surface area contributed by atoms with Crippen molar-refractivity contribution in [1.82, 2.24) is 4.90 Å². The molecular weight excluding hydrogens is 218 g/mol. The van der Waals surface area contributed by atoms with Crippen molar-refractivity contribution in [3.63, 3.8) is 0 Å². The molecule has 16 heavy (non-hydrogen) atoms. The van der Waals surface area contributed by atoms with Crippen molar-refractivity contribution in [2.24, 2.45) is 0 Å². The highest BCUT2D eigenvalue weighted by Gasteiger charge is 2.43. The summed E-state index contributed by atoms with van der Waals surface area (Å²) in [5.41, 5.74) is 0. The Bertz CT molecular complexity index is 271. The molecule has 1 unspecified atom stereocenters. The van der Waals surface area contributed by atoms with Gasteiger partial charge in [-0.1, -0.05) is 20.8 Å². The Morgan fingerprint density at radius 3 is 2.38 bits per heavy atom. The van der Waals surface area contributed by atoms with Gasteiger partial charge in [-0.25, -0.2) is 0 Å². The fourth-order valence-corrected chi connectivity index (χ4v) is 2.95. The highest BCUT2D eigenvalue weighted by atomic mass is 28.4. The number of nitrogens with zero attached hydrogens (tertiary/aromatic N) is 1. The molecule has 1 amide bonds. The van der Waals surface area contributed by atoms with Gasteiger partial charge in [0.05, 0.1) is 0 Å². The maximum absolute atomic E-state index is 12.0. The number of carbonyl (C=O) groups excluding carboxylic acids is 1. The van der Waals surface area contributed by atoms with Crippen molar-refractivity contribution in [1.29, 1.82) is 0 Å². The molecule has 0 radical (unpaired) electrons. The van der Waals surface area contributed by atoms with Gasteiger partial charge in [0.15, 0.2) is 8.32 Å². The second-order valence-corrected chi connectivity index (χ2v) is 10.8. The maximum Gasteiger partial charge on any atom is 0.250 e. The van der Waals surface area contributed by atoms with Gasteiger partial charge in [-0.15, -0.1) is 0 Å². The first-order valence-electron chi connectivity index (χ1n) is 6.15. The lowest BCUT2D eigenvalue weighted by molar-refractivity contribution is -0.133. The maximum atomic E-state index is 12.0. The molecule has 1 aliphatic heterocycles. The summed E-state index contributed by atoms with van der Waals surface area (Å²) in [6.45, 7) is 14.7. The standard InChI is InChI=1S/C12H25NO2Si/c1-7-13-9-8-10(11(13)14)15-16(5,6)12(2,3)4/h10H,7-9H2,1-6H3. The summed E-state index contributed by atoms with van der Waals surface area (Å²) in [5.74, 6) is 0.187. The molecule has 94 valence electrons. The van der Waals surface area contributed by atoms with E-state index in [0.29, 0.717) is 0 Å². The van der Waals surface area contributed by atoms with Crippen LogP contribution in [0, 0.1) is 0 Å². The van der Waals surface area contributed by atoms with Gasteiger partial charge in [0.1, 0.15) is 6.10 Å². The minimum absolute atomic E-state index is 0.174. The number of likely N-dealkylation sites (tertiary alicyclic amines) is 1. The Labute approximate surface area is 100 Å². The van der Waals surface area contributed by atoms with Gasteiger partial charge >= 0.3 is 0 Å². The molecule has 1 atom stereocenters. The van der Waals surface area contributed by atoms with E-state index in [1.807, 2.05) is 11.8 Å². The third-order valence-corrected chi connectivity index (χ3v) is 8.36. The van der Waals surface area contributed by atoms with Gasteiger partial charge < -0.3 is 9.33 Å². The van der Waals surface area contributed by atoms with Gasteiger partial charge in [0, 0.05) is 13.1 Å². The number of amides is 1. The van der Waals surface area contributed by atoms with Crippen LogP contribution < -0.4 is 0 Å². The monoisotopic (exact) mass is 243 g/mol. The van der Waals surface area contributed by atoms with Gasteiger partial charge in [0.2, 0.25) is 0 Å². The molecule has 4 heteroatoms. The normalized spacial score (nSPS) is 23.0. The van der Waals surface area contributed by atoms with Crippen molar-refractivity contribution in [2.75, 3.05) is 13.1 Å². The molecule has 0 aromatic heterocycles. The van der Waals surface area contributed by atoms with E-state index >= 15 is 0 Å². The zero-order chi connectivity index (χ0) is 12.6. The fraction of sp³-hybridized carbons (Fsp3) is 0.917. The van der Waals surface area contributed by atoms with Crippen LogP contribution in [0.5, 0.6) is 0 Å². The Morgan fingerprint density at radius 2 is 2.00 bits per heavy atom. The van der Waals surface area contributed by atoms with Crippen molar-refractivity contribution in [2.45, 2.75) is 58.4 Å². The predicted molar refractivity (Wildman–Crippen MR) is 68.9 cm³/mol. The zero-order valence-corrected chi connectivity index (χ0v) is 12.5. The van der Waals surface area contributed by atoms with E-state index in [1.165, 1.54) is 0 Å². The summed E-state index contributed by atoms with van der Waals surface area (Å²) in [5, 5.41) is 0.174. The van der Waals surface area contributed by atoms with Crippen LogP contribution in [0.4, 0.5) is 0 Å². The summed E-state index contributed by atoms with van der Waals surface area (Å²) in [4.78, 5) is 13.9. The van der Waals surface area contributed by atoms with Gasteiger partial charge in [-0.05, 0) is 31.5 Å². The fourth-order valence-electron chi connectivity index (χ4n) is 1.67. The van der Waals surface area contributed by atoms with Crippen LogP contribution in [0.3, 0.4) is 0 Å². The number of hydrogen-bond acceptors (Lipinski definition) is 2. The summed E-state index contributed by atoms with van der Waals surface area (Å²) in [7, 11) is -1.80. The van der Waals surface area contributed by atoms with E-state index < -0.39 is 8.32 Å². The molecule has 0 aromatic rings. The average Bonchev–Trinajstić information content (AvgIpc) is 2.45. The lowest BCUT2D eigenvalue weighted by Gasteiger charge is -2.37. The molecule has 0 aromatic carbocycles. The summed E-state index contributed by atoms with van der Waals surface area (Å²) >= 11 is 0. The molecular formula is C12H25NO2Si. The second-order valence-electron chi connectivity index (χ2n) is 6.07. The lowest BCUT2D eigenvalue weighted by atomic mass is 10.2. The molecule has 0 N–H and O–H groups in total. The Kier molecular flexibility index (Phi) is 3.85. The number of likely N-dealkylation sites (N-methyl/N-ethyl adjacent to an activating group) is 1. The van der Waals surface area contributed by atoms with Crippen LogP contribution in [0.15, 0.2) is 0 Å². The first-order valence-corrected chi connectivity index (χ1v) is 9.06. The van der Waals surface area contributed by atoms with E-state index in [9.17, 15) is 4.79 Å². The third-order valence-electron chi connectivity index (χ3n) is 3.87. The number of carbonyl (C=O) groups is 1. The van der Waals surface area contributed by atoms with Crippen molar-refractivity contribution in [3.8, 4) is 0 Å². The van der Waals surface area contributed by atoms with Crippen molar-refractivity contribution in [3.05, 3.63) is 0 Å². The van der Waals surface area contributed by atoms with Crippen LogP contribution >= 0.6 is 0 Å². The molecule has 0 bridgehead atoms. The molecule has 1 fully saturated rings. The highest BCUT2D eigenvalue weighted by molar-refractivity contribution is 6.74. The van der Waals surface area contributed by atoms with Crippen molar-refractivity contribution < 1.29 is 9.22 Å². The molecule has 0 aliphatic carbocycles. The molecule has 0 saturated carbocycles. The van der Waals surface area contributed by atoms with E-state index in [4.69, 9.17) is 4.43 Å². The predicted octanol–water partition coefficient (Wildman–Crippen LogP) is 2.63. The molecule has 3 nitrogen and oxygen atoms in total. The smallest absolute Gasteiger partial charge is 0.250 e. The second kappa shape index (κ2) is 4.49. The Hall–Kier alpha value is -0.353. The van der Waals surface area contributed by atoms with E-state index in [2.05, 4.69) is 33.9 Å². The van der Waals surface area contributed by atoms with Gasteiger partial charge in [0.25, 0.3) is 5.91 Å². The summed E-state index contributed by atoms with van der Waals surface area (Å²) in [6.07, 6.45) is 0.681.